The molecule has 0 aromatic carbocycles. The first-order valence-electron chi connectivity index (χ1n) is 5.63. The Kier molecular flexibility index (Phi) is 3.11. The minimum atomic E-state index is -0.791. The van der Waals surface area contributed by atoms with Gasteiger partial charge in [0.15, 0.2) is 0 Å². The Morgan fingerprint density at radius 1 is 1.11 bits per heavy atom. The van der Waals surface area contributed by atoms with Crippen molar-refractivity contribution in [1.29, 1.82) is 0 Å². The van der Waals surface area contributed by atoms with Crippen molar-refractivity contribution in [3.8, 4) is 0 Å². The fraction of sp³-hybridized carbons (Fsp3) is 0.583. The molecular formula is C12H15NO5. The van der Waals surface area contributed by atoms with Crippen LogP contribution in [0.3, 0.4) is 0 Å². The SMILES string of the molecule is COC(=O)[C@@H]1[C@H](C(=O)OC)[C@@H]2C=C[C@H]1C(=O)N2C. The standard InChI is InChI=1S/C12H15NO5/c1-13-7-5-4-6(10(13)14)8(11(15)17-2)9(7)12(16)18-3/h4-9H,1-3H3/t6-,7+,8+,9-/m1/s1. The van der Waals surface area contributed by atoms with Crippen LogP contribution in [0.25, 0.3) is 0 Å². The summed E-state index contributed by atoms with van der Waals surface area (Å²) >= 11 is 0. The van der Waals surface area contributed by atoms with Crippen molar-refractivity contribution < 1.29 is 23.9 Å². The van der Waals surface area contributed by atoms with Gasteiger partial charge in [0, 0.05) is 7.05 Å². The number of carbonyl (C=O) groups excluding carboxylic acids is 3. The van der Waals surface area contributed by atoms with Crippen LogP contribution in [0.1, 0.15) is 0 Å². The molecule has 2 bridgehead atoms. The number of likely N-dealkylation sites (N-methyl/N-ethyl adjacent to an activating group) is 1. The molecular weight excluding hydrogens is 238 g/mol. The molecule has 6 heteroatoms. The highest BCUT2D eigenvalue weighted by atomic mass is 16.5. The third-order valence-corrected chi connectivity index (χ3v) is 3.68. The Labute approximate surface area is 105 Å². The molecule has 2 aliphatic heterocycles. The molecule has 0 saturated carbocycles. The van der Waals surface area contributed by atoms with Gasteiger partial charge in [0.2, 0.25) is 5.91 Å². The molecule has 0 radical (unpaired) electrons. The molecule has 0 N–H and O–H groups in total. The van der Waals surface area contributed by atoms with E-state index in [-0.39, 0.29) is 5.91 Å². The third kappa shape index (κ3) is 1.60. The van der Waals surface area contributed by atoms with E-state index in [1.807, 2.05) is 0 Å². The number of methoxy groups -OCH3 is 2. The van der Waals surface area contributed by atoms with Crippen molar-refractivity contribution in [3.63, 3.8) is 0 Å². The van der Waals surface area contributed by atoms with Crippen molar-refractivity contribution in [2.24, 2.45) is 17.8 Å². The lowest BCUT2D eigenvalue weighted by Gasteiger charge is -2.46. The molecule has 2 heterocycles. The van der Waals surface area contributed by atoms with Gasteiger partial charge in [0.25, 0.3) is 0 Å². The average Bonchev–Trinajstić information content (AvgIpc) is 2.41. The number of carbonyl (C=O) groups is 3. The number of amides is 1. The van der Waals surface area contributed by atoms with Crippen LogP contribution in [0.15, 0.2) is 12.2 Å². The minimum Gasteiger partial charge on any atom is -0.469 e. The van der Waals surface area contributed by atoms with E-state index >= 15 is 0 Å². The number of esters is 2. The van der Waals surface area contributed by atoms with Gasteiger partial charge in [-0.3, -0.25) is 14.4 Å². The third-order valence-electron chi connectivity index (χ3n) is 3.68. The van der Waals surface area contributed by atoms with Gasteiger partial charge < -0.3 is 14.4 Å². The molecule has 0 spiro atoms. The lowest BCUT2D eigenvalue weighted by Crippen LogP contribution is -2.61. The Hall–Kier alpha value is -1.85. The molecule has 1 amide bonds. The first-order valence-corrected chi connectivity index (χ1v) is 5.63. The Morgan fingerprint density at radius 2 is 1.67 bits per heavy atom. The lowest BCUT2D eigenvalue weighted by molar-refractivity contribution is -0.171. The molecule has 0 aromatic heterocycles. The van der Waals surface area contributed by atoms with Gasteiger partial charge in [-0.15, -0.1) is 0 Å². The topological polar surface area (TPSA) is 72.9 Å². The van der Waals surface area contributed by atoms with Gasteiger partial charge >= 0.3 is 11.9 Å². The summed E-state index contributed by atoms with van der Waals surface area (Å²) in [5.74, 6) is -3.34. The molecule has 0 unspecified atom stereocenters. The van der Waals surface area contributed by atoms with Gasteiger partial charge in [-0.1, -0.05) is 12.2 Å². The number of piperidine rings is 1. The number of rotatable bonds is 2. The maximum Gasteiger partial charge on any atom is 0.312 e. The molecule has 1 fully saturated rings. The van der Waals surface area contributed by atoms with Crippen molar-refractivity contribution in [2.45, 2.75) is 6.04 Å². The molecule has 4 atom stereocenters. The summed E-state index contributed by atoms with van der Waals surface area (Å²) < 4.78 is 9.43. The Morgan fingerprint density at radius 3 is 2.22 bits per heavy atom. The van der Waals surface area contributed by atoms with E-state index in [9.17, 15) is 14.4 Å². The van der Waals surface area contributed by atoms with E-state index in [1.165, 1.54) is 19.1 Å². The number of nitrogens with zero attached hydrogens (tertiary/aromatic N) is 1. The zero-order chi connectivity index (χ0) is 13.4. The van der Waals surface area contributed by atoms with E-state index in [2.05, 4.69) is 0 Å². The second-order valence-electron chi connectivity index (χ2n) is 4.45. The largest absolute Gasteiger partial charge is 0.469 e. The second-order valence-corrected chi connectivity index (χ2v) is 4.45. The van der Waals surface area contributed by atoms with E-state index < -0.39 is 35.7 Å². The van der Waals surface area contributed by atoms with E-state index in [0.717, 1.165) is 0 Å². The molecule has 0 aromatic rings. The summed E-state index contributed by atoms with van der Waals surface area (Å²) in [7, 11) is 4.13. The van der Waals surface area contributed by atoms with Crippen LogP contribution >= 0.6 is 0 Å². The number of ether oxygens (including phenoxy) is 2. The van der Waals surface area contributed by atoms with Crippen LogP contribution < -0.4 is 0 Å². The first kappa shape index (κ1) is 12.6. The quantitative estimate of drug-likeness (QED) is 0.494. The highest BCUT2D eigenvalue weighted by Crippen LogP contribution is 2.40. The van der Waals surface area contributed by atoms with Crippen molar-refractivity contribution in [1.82, 2.24) is 4.90 Å². The molecule has 3 rings (SSSR count). The monoisotopic (exact) mass is 253 g/mol. The Balaban J connectivity index is 2.43. The van der Waals surface area contributed by atoms with Gasteiger partial charge in [0.1, 0.15) is 0 Å². The van der Waals surface area contributed by atoms with Crippen LogP contribution in [0.5, 0.6) is 0 Å². The van der Waals surface area contributed by atoms with Crippen LogP contribution in [-0.4, -0.2) is 50.1 Å². The van der Waals surface area contributed by atoms with Crippen LogP contribution in [-0.2, 0) is 23.9 Å². The summed E-state index contributed by atoms with van der Waals surface area (Å²) in [5.41, 5.74) is 0. The fourth-order valence-electron chi connectivity index (χ4n) is 2.75. The molecule has 18 heavy (non-hydrogen) atoms. The first-order chi connectivity index (χ1) is 8.52. The number of hydrogen-bond donors (Lipinski definition) is 0. The normalized spacial score (nSPS) is 33.5. The molecule has 1 saturated heterocycles. The average molecular weight is 253 g/mol. The molecule has 3 aliphatic rings. The lowest BCUT2D eigenvalue weighted by atomic mass is 9.68. The van der Waals surface area contributed by atoms with E-state index in [4.69, 9.17) is 9.47 Å². The number of hydrogen-bond acceptors (Lipinski definition) is 5. The fourth-order valence-corrected chi connectivity index (χ4v) is 2.75. The predicted octanol–water partition coefficient (Wildman–Crippen LogP) is -0.409. The Bertz CT molecular complexity index is 430. The van der Waals surface area contributed by atoms with E-state index in [0.29, 0.717) is 0 Å². The molecule has 6 nitrogen and oxygen atoms in total. The van der Waals surface area contributed by atoms with Crippen molar-refractivity contribution >= 4 is 17.8 Å². The predicted molar refractivity (Wildman–Crippen MR) is 60.2 cm³/mol. The van der Waals surface area contributed by atoms with Gasteiger partial charge in [-0.2, -0.15) is 0 Å². The summed E-state index contributed by atoms with van der Waals surface area (Å²) in [5, 5.41) is 0. The van der Waals surface area contributed by atoms with Gasteiger partial charge in [0.05, 0.1) is 38.0 Å². The summed E-state index contributed by atoms with van der Waals surface area (Å²) in [6, 6.07) is -0.445. The zero-order valence-electron chi connectivity index (χ0n) is 10.5. The second kappa shape index (κ2) is 4.44. The maximum absolute atomic E-state index is 12.0. The number of fused-ring (bicyclic) bond motifs is 2. The summed E-state index contributed by atoms with van der Waals surface area (Å²) in [6.45, 7) is 0. The highest BCUT2D eigenvalue weighted by Gasteiger charge is 2.55. The smallest absolute Gasteiger partial charge is 0.312 e. The van der Waals surface area contributed by atoms with Gasteiger partial charge in [-0.05, 0) is 0 Å². The summed E-state index contributed by atoms with van der Waals surface area (Å²) in [6.07, 6.45) is 3.45. The summed E-state index contributed by atoms with van der Waals surface area (Å²) in [4.78, 5) is 37.1. The van der Waals surface area contributed by atoms with E-state index in [1.54, 1.807) is 19.2 Å². The molecule has 1 aliphatic carbocycles. The van der Waals surface area contributed by atoms with Crippen LogP contribution in [0.4, 0.5) is 0 Å². The highest BCUT2D eigenvalue weighted by molar-refractivity contribution is 5.94. The van der Waals surface area contributed by atoms with Gasteiger partial charge in [-0.25, -0.2) is 0 Å². The molecule has 98 valence electrons. The minimum absolute atomic E-state index is 0.168. The maximum atomic E-state index is 12.0. The van der Waals surface area contributed by atoms with Crippen LogP contribution in [0, 0.1) is 17.8 Å². The van der Waals surface area contributed by atoms with Crippen molar-refractivity contribution in [2.75, 3.05) is 21.3 Å². The zero-order valence-corrected chi connectivity index (χ0v) is 10.5. The van der Waals surface area contributed by atoms with Crippen molar-refractivity contribution in [3.05, 3.63) is 12.2 Å². The van der Waals surface area contributed by atoms with Crippen LogP contribution in [0.2, 0.25) is 0 Å².